The molecular formula is C7H13NNa2O8S2. The molecule has 0 bridgehead atoms. The van der Waals surface area contributed by atoms with Crippen molar-refractivity contribution in [2.24, 2.45) is 0 Å². The minimum absolute atomic E-state index is 0. The Balaban J connectivity index is 0. The first-order valence-corrected chi connectivity index (χ1v) is 7.39. The molecule has 4 unspecified atom stereocenters. The van der Waals surface area contributed by atoms with Crippen LogP contribution in [-0.4, -0.2) is 57.8 Å². The van der Waals surface area contributed by atoms with Crippen LogP contribution in [0.25, 0.3) is 0 Å². The van der Waals surface area contributed by atoms with Crippen LogP contribution in [-0.2, 0) is 30.6 Å². The Kier molecular flexibility index (Phi) is 12.8. The molecular weight excluding hydrogens is 336 g/mol. The fraction of sp³-hybridized carbons (Fsp3) is 1.00. The SMILES string of the molecule is CC1OC(CO)C[C@H](OS(=O)(=O)[O-])C1NS(=O)[O-].[Na+].[Na+]. The van der Waals surface area contributed by atoms with Crippen molar-refractivity contribution in [2.45, 2.75) is 37.7 Å². The van der Waals surface area contributed by atoms with E-state index in [1.807, 2.05) is 4.72 Å². The zero-order valence-electron chi connectivity index (χ0n) is 11.3. The Morgan fingerprint density at radius 3 is 2.45 bits per heavy atom. The largest absolute Gasteiger partial charge is 1.00 e. The zero-order valence-corrected chi connectivity index (χ0v) is 17.0. The average molecular weight is 349 g/mol. The van der Waals surface area contributed by atoms with Gasteiger partial charge >= 0.3 is 59.1 Å². The van der Waals surface area contributed by atoms with Gasteiger partial charge in [0.1, 0.15) is 0 Å². The van der Waals surface area contributed by atoms with E-state index in [0.717, 1.165) is 0 Å². The third-order valence-corrected chi connectivity index (χ3v) is 3.43. The second-order valence-electron chi connectivity index (χ2n) is 3.80. The molecule has 0 spiro atoms. The molecule has 0 radical (unpaired) electrons. The zero-order chi connectivity index (χ0) is 13.9. The van der Waals surface area contributed by atoms with Gasteiger partial charge in [-0.25, -0.2) is 13.1 Å². The smallest absolute Gasteiger partial charge is 0.760 e. The first-order valence-electron chi connectivity index (χ1n) is 4.98. The van der Waals surface area contributed by atoms with E-state index in [2.05, 4.69) is 4.18 Å². The molecule has 20 heavy (non-hydrogen) atoms. The van der Waals surface area contributed by atoms with Gasteiger partial charge in [-0.15, -0.1) is 0 Å². The molecule has 0 amide bonds. The number of aliphatic hydroxyl groups is 1. The number of nitrogens with one attached hydrogen (secondary N) is 1. The van der Waals surface area contributed by atoms with Crippen molar-refractivity contribution in [3.8, 4) is 0 Å². The minimum atomic E-state index is -4.98. The molecule has 1 aliphatic heterocycles. The summed E-state index contributed by atoms with van der Waals surface area (Å²) in [5.74, 6) is 0. The van der Waals surface area contributed by atoms with E-state index in [4.69, 9.17) is 9.84 Å². The summed E-state index contributed by atoms with van der Waals surface area (Å²) >= 11 is -2.67. The molecule has 9 nitrogen and oxygen atoms in total. The number of ether oxygens (including phenoxy) is 1. The van der Waals surface area contributed by atoms with Crippen molar-refractivity contribution in [2.75, 3.05) is 6.61 Å². The summed E-state index contributed by atoms with van der Waals surface area (Å²) in [5, 5.41) is 8.94. The van der Waals surface area contributed by atoms with E-state index >= 15 is 0 Å². The van der Waals surface area contributed by atoms with Crippen LogP contribution in [0, 0.1) is 0 Å². The number of aliphatic hydroxyl groups excluding tert-OH is 1. The molecule has 1 fully saturated rings. The molecule has 1 heterocycles. The van der Waals surface area contributed by atoms with E-state index in [9.17, 15) is 21.7 Å². The van der Waals surface area contributed by atoms with Crippen LogP contribution in [0.3, 0.4) is 0 Å². The minimum Gasteiger partial charge on any atom is -0.760 e. The number of hydrogen-bond donors (Lipinski definition) is 2. The second-order valence-corrected chi connectivity index (χ2v) is 5.52. The molecule has 0 aromatic heterocycles. The number of hydrogen-bond acceptors (Lipinski definition) is 8. The Morgan fingerprint density at radius 1 is 1.50 bits per heavy atom. The van der Waals surface area contributed by atoms with Gasteiger partial charge in [0.15, 0.2) is 0 Å². The maximum atomic E-state index is 10.6. The molecule has 5 atom stereocenters. The van der Waals surface area contributed by atoms with E-state index in [0.29, 0.717) is 0 Å². The molecule has 0 saturated carbocycles. The summed E-state index contributed by atoms with van der Waals surface area (Å²) in [6, 6.07) is -1.02. The van der Waals surface area contributed by atoms with Crippen LogP contribution in [0.5, 0.6) is 0 Å². The average Bonchev–Trinajstić information content (AvgIpc) is 2.20. The third kappa shape index (κ3) is 8.48. The van der Waals surface area contributed by atoms with Crippen molar-refractivity contribution in [3.05, 3.63) is 0 Å². The van der Waals surface area contributed by atoms with Gasteiger partial charge in [-0.3, -0.25) is 8.39 Å². The van der Waals surface area contributed by atoms with Gasteiger partial charge < -0.3 is 18.9 Å². The Labute approximate surface area is 164 Å². The molecule has 2 N–H and O–H groups in total. The molecule has 1 saturated heterocycles. The molecule has 1 rings (SSSR count). The fourth-order valence-corrected chi connectivity index (χ4v) is 2.87. The van der Waals surface area contributed by atoms with Gasteiger partial charge in [0.05, 0.1) is 31.0 Å². The Hall–Kier alpha value is 1.86. The van der Waals surface area contributed by atoms with Crippen molar-refractivity contribution in [1.29, 1.82) is 0 Å². The monoisotopic (exact) mass is 349 g/mol. The molecule has 13 heteroatoms. The third-order valence-electron chi connectivity index (χ3n) is 2.49. The fourth-order valence-electron chi connectivity index (χ4n) is 1.80. The van der Waals surface area contributed by atoms with Crippen LogP contribution in [0.15, 0.2) is 0 Å². The molecule has 1 aliphatic rings. The molecule has 0 aliphatic carbocycles. The van der Waals surface area contributed by atoms with Gasteiger partial charge in [0, 0.05) is 17.7 Å². The maximum absolute atomic E-state index is 10.6. The van der Waals surface area contributed by atoms with Gasteiger partial charge in [-0.1, -0.05) is 0 Å². The summed E-state index contributed by atoms with van der Waals surface area (Å²) in [5.41, 5.74) is 0. The summed E-state index contributed by atoms with van der Waals surface area (Å²) in [6.45, 7) is 1.08. The van der Waals surface area contributed by atoms with Gasteiger partial charge in [-0.05, 0) is 6.92 Å². The van der Waals surface area contributed by atoms with Gasteiger partial charge in [0.25, 0.3) is 0 Å². The first kappa shape index (κ1) is 24.1. The second kappa shape index (κ2) is 10.6. The predicted molar refractivity (Wildman–Crippen MR) is 56.5 cm³/mol. The topological polar surface area (TPSA) is 148 Å². The van der Waals surface area contributed by atoms with E-state index < -0.39 is 52.6 Å². The van der Waals surface area contributed by atoms with Crippen LogP contribution in [0.2, 0.25) is 0 Å². The summed E-state index contributed by atoms with van der Waals surface area (Å²) in [4.78, 5) is 0. The maximum Gasteiger partial charge on any atom is 1.00 e. The Bertz CT molecular complexity index is 408. The number of rotatable bonds is 5. The van der Waals surface area contributed by atoms with Crippen molar-refractivity contribution in [3.63, 3.8) is 0 Å². The van der Waals surface area contributed by atoms with E-state index in [1.165, 1.54) is 6.92 Å². The standard InChI is InChI=1S/C7H15NO8S2.2Na/c1-4-7(8-17(10)11)6(16-18(12,13)14)2-5(3-9)15-4;;/h4-9H,2-3H2,1H3,(H,10,11)(H,12,13,14);;/q;2*+1/p-2/t4?,5?,6-,7?;;/m0../s1. The van der Waals surface area contributed by atoms with Gasteiger partial charge in [-0.2, -0.15) is 0 Å². The summed E-state index contributed by atoms with van der Waals surface area (Å²) < 4.78 is 64.4. The van der Waals surface area contributed by atoms with Crippen LogP contribution >= 0.6 is 0 Å². The summed E-state index contributed by atoms with van der Waals surface area (Å²) in [7, 11) is -4.98. The predicted octanol–water partition coefficient (Wildman–Crippen LogP) is -8.24. The van der Waals surface area contributed by atoms with Crippen molar-refractivity contribution in [1.82, 2.24) is 4.72 Å². The molecule has 108 valence electrons. The van der Waals surface area contributed by atoms with Gasteiger partial charge in [0.2, 0.25) is 10.4 Å². The van der Waals surface area contributed by atoms with Crippen molar-refractivity contribution >= 4 is 21.7 Å². The molecule has 0 aromatic carbocycles. The van der Waals surface area contributed by atoms with E-state index in [1.54, 1.807) is 0 Å². The summed E-state index contributed by atoms with van der Waals surface area (Å²) in [6.07, 6.45) is -2.80. The first-order chi connectivity index (χ1) is 8.23. The quantitative estimate of drug-likeness (QED) is 0.215. The van der Waals surface area contributed by atoms with Crippen LogP contribution < -0.4 is 63.8 Å². The van der Waals surface area contributed by atoms with Crippen LogP contribution in [0.4, 0.5) is 0 Å². The van der Waals surface area contributed by atoms with Crippen LogP contribution in [0.1, 0.15) is 13.3 Å². The molecule has 0 aromatic rings. The van der Waals surface area contributed by atoms with E-state index in [-0.39, 0.29) is 65.5 Å². The normalized spacial score (nSPS) is 31.8. The Morgan fingerprint density at radius 2 is 2.05 bits per heavy atom. The van der Waals surface area contributed by atoms with Crippen molar-refractivity contribution < 1.29 is 94.9 Å².